The van der Waals surface area contributed by atoms with Crippen molar-refractivity contribution in [2.45, 2.75) is 165 Å². The molecule has 6 aliphatic carbocycles. The Morgan fingerprint density at radius 2 is 1.86 bits per heavy atom. The zero-order valence-electron chi connectivity index (χ0n) is 34.6. The molecule has 0 amide bonds. The Morgan fingerprint density at radius 3 is 2.58 bits per heavy atom. The van der Waals surface area contributed by atoms with Crippen molar-refractivity contribution in [3.05, 3.63) is 46.5 Å². The zero-order valence-corrected chi connectivity index (χ0v) is 34.6. The van der Waals surface area contributed by atoms with Crippen LogP contribution < -0.4 is 5.32 Å². The van der Waals surface area contributed by atoms with E-state index in [2.05, 4.69) is 37.9 Å². The van der Waals surface area contributed by atoms with E-state index in [0.717, 1.165) is 60.7 Å². The molecule has 0 saturated heterocycles. The Morgan fingerprint density at radius 1 is 1.05 bits per heavy atom. The molecule has 4 bridgehead atoms. The van der Waals surface area contributed by atoms with Gasteiger partial charge < -0.3 is 40.4 Å². The van der Waals surface area contributed by atoms with Gasteiger partial charge in [-0.1, -0.05) is 70.4 Å². The molecule has 5 fully saturated rings. The van der Waals surface area contributed by atoms with Crippen LogP contribution in [0.15, 0.2) is 29.8 Å². The average Bonchev–Trinajstić information content (AvgIpc) is 3.69. The predicted molar refractivity (Wildman–Crippen MR) is 216 cm³/mol. The number of likely N-dealkylation sites (N-methyl/N-ethyl adjacent to an activating group) is 1. The van der Waals surface area contributed by atoms with Crippen molar-refractivity contribution in [2.24, 2.45) is 52.3 Å². The maximum absolute atomic E-state index is 14.1. The summed E-state index contributed by atoms with van der Waals surface area (Å²) < 4.78 is 6.23. The van der Waals surface area contributed by atoms with Crippen LogP contribution in [0.25, 0.3) is 0 Å². The third kappa shape index (κ3) is 6.00. The molecule has 14 atom stereocenters. The number of rotatable bonds is 10. The molecule has 8 rings (SSSR count). The van der Waals surface area contributed by atoms with Crippen LogP contribution in [0, 0.1) is 64.1 Å². The van der Waals surface area contributed by atoms with E-state index in [-0.39, 0.29) is 55.1 Å². The van der Waals surface area contributed by atoms with Crippen molar-refractivity contribution in [1.82, 2.24) is 5.32 Å². The lowest BCUT2D eigenvalue weighted by molar-refractivity contribution is -0.338. The second kappa shape index (κ2) is 15.2. The number of carbonyl (C=O) groups is 2. The SMILES string of the molecule is CCCCCC1CC2(C=O)C3CCC45CCC#Cc6cccc(CO)c6CC(NC)C6CC(CC4(O)C3(O)CC(CCC(C)C)C2(O)CC1O)C5C1=CC(=O)OC16. The number of aliphatic hydroxyl groups is 5. The number of aldehydes is 1. The summed E-state index contributed by atoms with van der Waals surface area (Å²) in [5.41, 5.74) is -3.49. The second-order valence-electron chi connectivity index (χ2n) is 20.1. The summed E-state index contributed by atoms with van der Waals surface area (Å²) in [6.45, 7) is 6.32. The first-order valence-corrected chi connectivity index (χ1v) is 22.4. The highest BCUT2D eigenvalue weighted by atomic mass is 16.5. The highest BCUT2D eigenvalue weighted by molar-refractivity contribution is 5.86. The zero-order chi connectivity index (χ0) is 40.5. The molecule has 9 nitrogen and oxygen atoms in total. The van der Waals surface area contributed by atoms with Crippen molar-refractivity contribution in [1.29, 1.82) is 0 Å². The highest BCUT2D eigenvalue weighted by Crippen LogP contribution is 2.76. The molecule has 1 heterocycles. The minimum absolute atomic E-state index is 0.0750. The molecule has 57 heavy (non-hydrogen) atoms. The van der Waals surface area contributed by atoms with Gasteiger partial charge in [0.1, 0.15) is 18.0 Å². The summed E-state index contributed by atoms with van der Waals surface area (Å²) in [6, 6.07) is 5.73. The normalized spacial score (nSPS) is 44.4. The molecule has 9 heteroatoms. The monoisotopic (exact) mass is 785 g/mol. The van der Waals surface area contributed by atoms with Crippen molar-refractivity contribution in [3.8, 4) is 11.8 Å². The Bertz CT molecular complexity index is 1820. The minimum atomic E-state index is -1.71. The van der Waals surface area contributed by atoms with Crippen molar-refractivity contribution >= 4 is 12.3 Å². The number of benzene rings is 1. The van der Waals surface area contributed by atoms with E-state index in [0.29, 0.717) is 63.7 Å². The van der Waals surface area contributed by atoms with Gasteiger partial charge in [-0.2, -0.15) is 0 Å². The number of esters is 1. The Labute approximate surface area is 339 Å². The molecule has 1 spiro atoms. The van der Waals surface area contributed by atoms with Gasteiger partial charge in [0, 0.05) is 47.8 Å². The molecule has 1 aromatic rings. The number of ether oxygens (including phenoxy) is 1. The summed E-state index contributed by atoms with van der Waals surface area (Å²) in [5, 5.41) is 66.7. The van der Waals surface area contributed by atoms with Crippen molar-refractivity contribution in [2.75, 3.05) is 7.05 Å². The smallest absolute Gasteiger partial charge is 0.331 e. The number of aliphatic hydroxyl groups excluding tert-OH is 2. The molecule has 6 N–H and O–H groups in total. The number of carbonyl (C=O) groups excluding carboxylic acids is 2. The first-order chi connectivity index (χ1) is 27.3. The van der Waals surface area contributed by atoms with Gasteiger partial charge in [-0.25, -0.2) is 4.79 Å². The van der Waals surface area contributed by atoms with E-state index < -0.39 is 51.7 Å². The van der Waals surface area contributed by atoms with E-state index in [1.807, 2.05) is 25.2 Å². The standard InChI is InChI=1S/C48H67NO8/c1-5-6-7-12-31-23-45(28-51)40-17-19-44-18-9-8-11-30-13-10-14-32(27-50)35(30)21-38(49-4)36-20-33(42(44)37-22-41(53)57-43(36)37)24-48(44,56)47(40,55)25-34(16-15-29(2)3)46(45,54)26-39(31)52/h10,13-14,22,28-29,31,33-34,36,38-40,42-43,49-50,52,54-56H,5-7,9,12,15-21,23-27H2,1-4H3. The fraction of sp³-hybridized carbons (Fsp3) is 0.750. The topological polar surface area (TPSA) is 157 Å². The van der Waals surface area contributed by atoms with Gasteiger partial charge in [-0.3, -0.25) is 0 Å². The number of hydrogen-bond acceptors (Lipinski definition) is 9. The third-order valence-electron chi connectivity index (χ3n) is 17.3. The molecule has 0 radical (unpaired) electrons. The maximum Gasteiger partial charge on any atom is 0.331 e. The Kier molecular flexibility index (Phi) is 10.9. The Balaban J connectivity index is 1.29. The van der Waals surface area contributed by atoms with E-state index >= 15 is 0 Å². The van der Waals surface area contributed by atoms with Gasteiger partial charge in [-0.15, -0.1) is 0 Å². The lowest BCUT2D eigenvalue weighted by Crippen LogP contribution is -2.80. The lowest BCUT2D eigenvalue weighted by atomic mass is 9.36. The quantitative estimate of drug-likeness (QED) is 0.0776. The number of hydrogen-bond donors (Lipinski definition) is 6. The van der Waals surface area contributed by atoms with Crippen LogP contribution in [0.2, 0.25) is 0 Å². The van der Waals surface area contributed by atoms with E-state index in [1.54, 1.807) is 6.08 Å². The van der Waals surface area contributed by atoms with Crippen LogP contribution in [-0.2, 0) is 27.4 Å². The molecule has 7 aliphatic rings. The first-order valence-electron chi connectivity index (χ1n) is 22.4. The fourth-order valence-corrected chi connectivity index (χ4v) is 14.8. The van der Waals surface area contributed by atoms with E-state index in [4.69, 9.17) is 4.74 Å². The third-order valence-corrected chi connectivity index (χ3v) is 17.3. The van der Waals surface area contributed by atoms with Crippen LogP contribution in [0.4, 0.5) is 0 Å². The number of unbranched alkanes of at least 4 members (excludes halogenated alkanes) is 2. The van der Waals surface area contributed by atoms with Crippen LogP contribution in [0.5, 0.6) is 0 Å². The molecule has 1 aliphatic heterocycles. The van der Waals surface area contributed by atoms with Crippen LogP contribution in [0.3, 0.4) is 0 Å². The summed E-state index contributed by atoms with van der Waals surface area (Å²) in [6.07, 6.45) is 10.4. The van der Waals surface area contributed by atoms with Gasteiger partial charge in [0.15, 0.2) is 0 Å². The molecular weight excluding hydrogens is 719 g/mol. The summed E-state index contributed by atoms with van der Waals surface area (Å²) in [7, 11) is 1.93. The second-order valence-corrected chi connectivity index (χ2v) is 20.1. The predicted octanol–water partition coefficient (Wildman–Crippen LogP) is 5.54. The molecular formula is C48H67NO8. The van der Waals surface area contributed by atoms with Crippen LogP contribution >= 0.6 is 0 Å². The van der Waals surface area contributed by atoms with Crippen LogP contribution in [0.1, 0.15) is 134 Å². The van der Waals surface area contributed by atoms with Gasteiger partial charge in [0.2, 0.25) is 0 Å². The summed E-state index contributed by atoms with van der Waals surface area (Å²) >= 11 is 0. The first kappa shape index (κ1) is 41.2. The van der Waals surface area contributed by atoms with Gasteiger partial charge in [0.05, 0.1) is 29.3 Å². The summed E-state index contributed by atoms with van der Waals surface area (Å²) in [5.74, 6) is 5.02. The van der Waals surface area contributed by atoms with Gasteiger partial charge >= 0.3 is 5.97 Å². The fourth-order valence-electron chi connectivity index (χ4n) is 14.8. The van der Waals surface area contributed by atoms with Crippen molar-refractivity contribution in [3.63, 3.8) is 0 Å². The molecule has 14 unspecified atom stereocenters. The lowest BCUT2D eigenvalue weighted by Gasteiger charge is -2.71. The number of fused-ring (bicyclic) bond motifs is 8. The van der Waals surface area contributed by atoms with Crippen molar-refractivity contribution < 1.29 is 39.9 Å². The molecule has 5 saturated carbocycles. The van der Waals surface area contributed by atoms with E-state index in [1.165, 1.54) is 0 Å². The average molecular weight is 786 g/mol. The summed E-state index contributed by atoms with van der Waals surface area (Å²) in [4.78, 5) is 27.5. The van der Waals surface area contributed by atoms with Gasteiger partial charge in [0.25, 0.3) is 0 Å². The highest BCUT2D eigenvalue weighted by Gasteiger charge is 2.82. The molecule has 1 aromatic carbocycles. The largest absolute Gasteiger partial charge is 0.454 e. The minimum Gasteiger partial charge on any atom is -0.454 e. The van der Waals surface area contributed by atoms with E-state index in [9.17, 15) is 35.1 Å². The van der Waals surface area contributed by atoms with Crippen LogP contribution in [-0.4, -0.2) is 79.9 Å². The van der Waals surface area contributed by atoms with Gasteiger partial charge in [-0.05, 0) is 124 Å². The molecule has 0 aromatic heterocycles. The Hall–Kier alpha value is -2.58. The number of nitrogens with one attached hydrogen (secondary N) is 1. The maximum atomic E-state index is 14.1. The molecule has 312 valence electrons.